The Morgan fingerprint density at radius 2 is 1.95 bits per heavy atom. The molecule has 19 heavy (non-hydrogen) atoms. The van der Waals surface area contributed by atoms with Gasteiger partial charge in [-0.15, -0.1) is 0 Å². The second-order valence-electron chi connectivity index (χ2n) is 4.56. The molecule has 0 heterocycles. The van der Waals surface area contributed by atoms with Crippen LogP contribution in [0.4, 0.5) is 0 Å². The van der Waals surface area contributed by atoms with E-state index in [1.165, 1.54) is 4.90 Å². The lowest BCUT2D eigenvalue weighted by Crippen LogP contribution is -2.38. The van der Waals surface area contributed by atoms with E-state index in [4.69, 9.17) is 5.11 Å². The summed E-state index contributed by atoms with van der Waals surface area (Å²) in [6.45, 7) is 3.61. The minimum atomic E-state index is -0.965. The van der Waals surface area contributed by atoms with Crippen molar-refractivity contribution in [2.75, 3.05) is 13.1 Å². The van der Waals surface area contributed by atoms with Crippen molar-refractivity contribution in [3.63, 3.8) is 0 Å². The molecule has 0 fully saturated rings. The monoisotopic (exact) mass is 265 g/mol. The van der Waals surface area contributed by atoms with Gasteiger partial charge in [0.15, 0.2) is 0 Å². The van der Waals surface area contributed by atoms with Gasteiger partial charge in [0.2, 0.25) is 0 Å². The van der Waals surface area contributed by atoms with Crippen LogP contribution >= 0.6 is 0 Å². The number of carbonyl (C=O) groups is 2. The van der Waals surface area contributed by atoms with Crippen LogP contribution in [-0.2, 0) is 4.79 Å². The van der Waals surface area contributed by atoms with E-state index in [2.05, 4.69) is 0 Å². The highest BCUT2D eigenvalue weighted by Crippen LogP contribution is 2.11. The molecule has 0 bridgehead atoms. The third kappa shape index (κ3) is 4.71. The number of aliphatic hydroxyl groups excluding tert-OH is 1. The third-order valence-corrected chi connectivity index (χ3v) is 2.74. The number of carbonyl (C=O) groups excluding carboxylic acids is 1. The molecule has 1 unspecified atom stereocenters. The summed E-state index contributed by atoms with van der Waals surface area (Å²) in [6, 6.07) is 7.12. The van der Waals surface area contributed by atoms with Crippen molar-refractivity contribution in [3.8, 4) is 0 Å². The van der Waals surface area contributed by atoms with E-state index in [1.54, 1.807) is 19.1 Å². The summed E-state index contributed by atoms with van der Waals surface area (Å²) in [5.74, 6) is -1.21. The maximum absolute atomic E-state index is 12.3. The van der Waals surface area contributed by atoms with Gasteiger partial charge in [-0.25, -0.2) is 0 Å². The van der Waals surface area contributed by atoms with Crippen molar-refractivity contribution in [1.82, 2.24) is 4.90 Å². The second-order valence-corrected chi connectivity index (χ2v) is 4.56. The van der Waals surface area contributed by atoms with Crippen LogP contribution in [0.5, 0.6) is 0 Å². The number of aryl methyl sites for hydroxylation is 1. The Hall–Kier alpha value is -1.88. The predicted molar refractivity (Wildman–Crippen MR) is 71.0 cm³/mol. The van der Waals surface area contributed by atoms with E-state index in [0.717, 1.165) is 5.56 Å². The molecule has 0 saturated heterocycles. The van der Waals surface area contributed by atoms with E-state index in [0.29, 0.717) is 5.56 Å². The predicted octanol–water partition coefficient (Wildman–Crippen LogP) is 1.29. The number of nitrogens with zero attached hydrogens (tertiary/aromatic N) is 1. The van der Waals surface area contributed by atoms with Gasteiger partial charge in [-0.1, -0.05) is 18.2 Å². The van der Waals surface area contributed by atoms with Crippen LogP contribution in [0.3, 0.4) is 0 Å². The Morgan fingerprint density at radius 1 is 1.32 bits per heavy atom. The van der Waals surface area contributed by atoms with Crippen LogP contribution in [0.2, 0.25) is 0 Å². The Kier molecular flexibility index (Phi) is 5.51. The zero-order valence-electron chi connectivity index (χ0n) is 11.2. The molecule has 2 N–H and O–H groups in total. The topological polar surface area (TPSA) is 77.8 Å². The van der Waals surface area contributed by atoms with Crippen LogP contribution < -0.4 is 0 Å². The number of benzene rings is 1. The Labute approximate surface area is 112 Å². The summed E-state index contributed by atoms with van der Waals surface area (Å²) in [5, 5.41) is 18.1. The molecule has 5 heteroatoms. The van der Waals surface area contributed by atoms with Gasteiger partial charge >= 0.3 is 5.97 Å². The number of hydrogen-bond acceptors (Lipinski definition) is 3. The lowest BCUT2D eigenvalue weighted by molar-refractivity contribution is -0.137. The fraction of sp³-hybridized carbons (Fsp3) is 0.429. The van der Waals surface area contributed by atoms with Gasteiger partial charge in [-0.3, -0.25) is 9.59 Å². The number of hydrogen-bond donors (Lipinski definition) is 2. The number of rotatable bonds is 6. The van der Waals surface area contributed by atoms with Crippen LogP contribution in [0.25, 0.3) is 0 Å². The van der Waals surface area contributed by atoms with Gasteiger partial charge in [-0.05, 0) is 25.5 Å². The van der Waals surface area contributed by atoms with Crippen molar-refractivity contribution in [3.05, 3.63) is 35.4 Å². The summed E-state index contributed by atoms with van der Waals surface area (Å²) in [5.41, 5.74) is 1.37. The molecule has 0 aliphatic carbocycles. The molecule has 1 rings (SSSR count). The second kappa shape index (κ2) is 6.89. The van der Waals surface area contributed by atoms with Crippen LogP contribution in [-0.4, -0.2) is 46.2 Å². The number of aliphatic hydroxyl groups is 1. The molecule has 0 spiro atoms. The van der Waals surface area contributed by atoms with Gasteiger partial charge in [0.05, 0.1) is 12.5 Å². The smallest absolute Gasteiger partial charge is 0.305 e. The summed E-state index contributed by atoms with van der Waals surface area (Å²) < 4.78 is 0. The molecule has 1 aromatic carbocycles. The molecular weight excluding hydrogens is 246 g/mol. The van der Waals surface area contributed by atoms with Crippen molar-refractivity contribution >= 4 is 11.9 Å². The molecule has 1 atom stereocenters. The fourth-order valence-corrected chi connectivity index (χ4v) is 1.81. The van der Waals surface area contributed by atoms with Gasteiger partial charge in [0.1, 0.15) is 0 Å². The average Bonchev–Trinajstić information content (AvgIpc) is 2.33. The SMILES string of the molecule is Cc1ccccc1C(=O)N(CCC(=O)O)CC(C)O. The normalized spacial score (nSPS) is 11.9. The largest absolute Gasteiger partial charge is 0.481 e. The molecule has 1 aromatic rings. The average molecular weight is 265 g/mol. The first-order chi connectivity index (χ1) is 8.91. The van der Waals surface area contributed by atoms with E-state index in [9.17, 15) is 14.7 Å². The van der Waals surface area contributed by atoms with Gasteiger partial charge in [-0.2, -0.15) is 0 Å². The van der Waals surface area contributed by atoms with E-state index in [1.807, 2.05) is 19.1 Å². The van der Waals surface area contributed by atoms with Crippen molar-refractivity contribution in [1.29, 1.82) is 0 Å². The minimum Gasteiger partial charge on any atom is -0.481 e. The van der Waals surface area contributed by atoms with Crippen LogP contribution in [0.1, 0.15) is 29.3 Å². The maximum Gasteiger partial charge on any atom is 0.305 e. The summed E-state index contributed by atoms with van der Waals surface area (Å²) in [7, 11) is 0. The number of carboxylic acid groups (broad SMARTS) is 1. The molecule has 0 saturated carbocycles. The molecular formula is C14H19NO4. The standard InChI is InChI=1S/C14H19NO4/c1-10-5-3-4-6-12(10)14(19)15(9-11(2)16)8-7-13(17)18/h3-6,11,16H,7-9H2,1-2H3,(H,17,18). The highest BCUT2D eigenvalue weighted by molar-refractivity contribution is 5.95. The van der Waals surface area contributed by atoms with Crippen LogP contribution in [0, 0.1) is 6.92 Å². The molecule has 5 nitrogen and oxygen atoms in total. The molecule has 104 valence electrons. The van der Waals surface area contributed by atoms with Crippen molar-refractivity contribution < 1.29 is 19.8 Å². The number of carboxylic acids is 1. The Balaban J connectivity index is 2.87. The van der Waals surface area contributed by atoms with E-state index >= 15 is 0 Å². The highest BCUT2D eigenvalue weighted by Gasteiger charge is 2.19. The molecule has 0 aromatic heterocycles. The van der Waals surface area contributed by atoms with Crippen molar-refractivity contribution in [2.24, 2.45) is 0 Å². The maximum atomic E-state index is 12.3. The van der Waals surface area contributed by atoms with Gasteiger partial charge in [0, 0.05) is 18.7 Å². The van der Waals surface area contributed by atoms with E-state index in [-0.39, 0.29) is 25.4 Å². The first kappa shape index (κ1) is 15.2. The number of amides is 1. The molecule has 0 aliphatic heterocycles. The van der Waals surface area contributed by atoms with Crippen molar-refractivity contribution in [2.45, 2.75) is 26.4 Å². The zero-order chi connectivity index (χ0) is 14.4. The first-order valence-corrected chi connectivity index (χ1v) is 6.16. The van der Waals surface area contributed by atoms with Gasteiger partial charge < -0.3 is 15.1 Å². The lowest BCUT2D eigenvalue weighted by Gasteiger charge is -2.24. The first-order valence-electron chi connectivity index (χ1n) is 6.16. The van der Waals surface area contributed by atoms with Gasteiger partial charge in [0.25, 0.3) is 5.91 Å². The fourth-order valence-electron chi connectivity index (χ4n) is 1.81. The number of aliphatic carboxylic acids is 1. The Bertz CT molecular complexity index is 457. The Morgan fingerprint density at radius 3 is 2.47 bits per heavy atom. The molecule has 1 amide bonds. The lowest BCUT2D eigenvalue weighted by atomic mass is 10.1. The summed E-state index contributed by atoms with van der Waals surface area (Å²) >= 11 is 0. The quantitative estimate of drug-likeness (QED) is 0.812. The minimum absolute atomic E-state index is 0.0907. The molecule has 0 radical (unpaired) electrons. The third-order valence-electron chi connectivity index (χ3n) is 2.74. The van der Waals surface area contributed by atoms with E-state index < -0.39 is 12.1 Å². The van der Waals surface area contributed by atoms with Crippen LogP contribution in [0.15, 0.2) is 24.3 Å². The highest BCUT2D eigenvalue weighted by atomic mass is 16.4. The molecule has 0 aliphatic rings. The summed E-state index contributed by atoms with van der Waals surface area (Å²) in [4.78, 5) is 24.3. The zero-order valence-corrected chi connectivity index (χ0v) is 11.2. The summed E-state index contributed by atoms with van der Waals surface area (Å²) in [6.07, 6.45) is -0.827.